The molecule has 0 bridgehead atoms. The molecule has 0 fully saturated rings. The van der Waals surface area contributed by atoms with Gasteiger partial charge in [0, 0.05) is 87.1 Å². The van der Waals surface area contributed by atoms with E-state index in [1.54, 1.807) is 0 Å². The van der Waals surface area contributed by atoms with Crippen molar-refractivity contribution in [1.29, 1.82) is 0 Å². The van der Waals surface area contributed by atoms with Crippen LogP contribution < -0.4 is 9.80 Å². The number of rotatable bonds is 9. The number of fused-ring (bicyclic) bond motifs is 10. The highest BCUT2D eigenvalue weighted by Crippen LogP contribution is 2.47. The van der Waals surface area contributed by atoms with Crippen molar-refractivity contribution in [2.45, 2.75) is 0 Å². The Bertz CT molecular complexity index is 4290. The highest BCUT2D eigenvalue weighted by Gasteiger charge is 2.23. The lowest BCUT2D eigenvalue weighted by Crippen LogP contribution is -2.12. The zero-order chi connectivity index (χ0) is 46.8. The average Bonchev–Trinajstić information content (AvgIpc) is 4.10. The molecular formula is C66H44N4S. The van der Waals surface area contributed by atoms with Gasteiger partial charge in [-0.15, -0.1) is 11.3 Å². The lowest BCUT2D eigenvalue weighted by atomic mass is 10.00. The van der Waals surface area contributed by atoms with Crippen LogP contribution in [0.25, 0.3) is 86.3 Å². The summed E-state index contributed by atoms with van der Waals surface area (Å²) in [5.74, 6) is 0. The maximum absolute atomic E-state index is 2.45. The molecule has 5 heteroatoms. The summed E-state index contributed by atoms with van der Waals surface area (Å²) in [7, 11) is 0. The van der Waals surface area contributed by atoms with E-state index in [-0.39, 0.29) is 0 Å². The van der Waals surface area contributed by atoms with E-state index in [1.807, 2.05) is 11.3 Å². The molecule has 0 N–H and O–H groups in total. The molecule has 3 heterocycles. The molecule has 0 aliphatic carbocycles. The normalized spacial score (nSPS) is 11.7. The monoisotopic (exact) mass is 924 g/mol. The van der Waals surface area contributed by atoms with Crippen molar-refractivity contribution in [2.75, 3.05) is 9.80 Å². The maximum Gasteiger partial charge on any atom is 0.0562 e. The summed E-state index contributed by atoms with van der Waals surface area (Å²) in [6.45, 7) is 0. The average molecular weight is 925 g/mol. The van der Waals surface area contributed by atoms with Gasteiger partial charge in [0.15, 0.2) is 0 Å². The Morgan fingerprint density at radius 3 is 1.54 bits per heavy atom. The van der Waals surface area contributed by atoms with Crippen LogP contribution in [-0.4, -0.2) is 9.13 Å². The van der Waals surface area contributed by atoms with Crippen LogP contribution in [0.4, 0.5) is 34.1 Å². The summed E-state index contributed by atoms with van der Waals surface area (Å²) in [6.07, 6.45) is 0. The Balaban J connectivity index is 0.945. The topological polar surface area (TPSA) is 16.3 Å². The second-order valence-corrected chi connectivity index (χ2v) is 19.2. The molecule has 0 aliphatic heterocycles. The number of nitrogens with zero attached hydrogens (tertiary/aromatic N) is 4. The molecule has 334 valence electrons. The van der Waals surface area contributed by atoms with Gasteiger partial charge in [-0.25, -0.2) is 0 Å². The lowest BCUT2D eigenvalue weighted by molar-refractivity contribution is 1.18. The van der Waals surface area contributed by atoms with Gasteiger partial charge in [0.1, 0.15) is 0 Å². The zero-order valence-corrected chi connectivity index (χ0v) is 39.4. The first-order valence-electron chi connectivity index (χ1n) is 24.2. The third-order valence-electron chi connectivity index (χ3n) is 14.0. The van der Waals surface area contributed by atoms with Crippen LogP contribution in [-0.2, 0) is 0 Å². The number of aromatic nitrogens is 2. The van der Waals surface area contributed by atoms with Crippen molar-refractivity contribution in [3.05, 3.63) is 267 Å². The molecule has 0 amide bonds. The fourth-order valence-electron chi connectivity index (χ4n) is 11.0. The van der Waals surface area contributed by atoms with Crippen LogP contribution in [0.1, 0.15) is 0 Å². The molecule has 0 aliphatic rings. The van der Waals surface area contributed by atoms with Gasteiger partial charge in [0.05, 0.1) is 27.8 Å². The Morgan fingerprint density at radius 1 is 0.296 bits per heavy atom. The zero-order valence-electron chi connectivity index (χ0n) is 38.6. The summed E-state index contributed by atoms with van der Waals surface area (Å²) in [5.41, 5.74) is 15.7. The molecule has 0 saturated carbocycles. The van der Waals surface area contributed by atoms with E-state index in [4.69, 9.17) is 0 Å². The van der Waals surface area contributed by atoms with Crippen LogP contribution >= 0.6 is 11.3 Å². The minimum absolute atomic E-state index is 1.07. The summed E-state index contributed by atoms with van der Waals surface area (Å²) in [4.78, 5) is 4.81. The number of anilines is 6. The largest absolute Gasteiger partial charge is 0.310 e. The fourth-order valence-corrected chi connectivity index (χ4v) is 12.2. The van der Waals surface area contributed by atoms with Gasteiger partial charge in [-0.1, -0.05) is 158 Å². The number of benzene rings is 11. The lowest BCUT2D eigenvalue weighted by Gasteiger charge is -2.29. The van der Waals surface area contributed by atoms with E-state index in [1.165, 1.54) is 52.8 Å². The Hall–Kier alpha value is -9.16. The van der Waals surface area contributed by atoms with E-state index >= 15 is 0 Å². The van der Waals surface area contributed by atoms with E-state index in [9.17, 15) is 0 Å². The Labute approximate surface area is 415 Å². The first-order valence-corrected chi connectivity index (χ1v) is 25.0. The minimum atomic E-state index is 1.07. The molecule has 0 unspecified atom stereocenters. The van der Waals surface area contributed by atoms with Crippen molar-refractivity contribution in [2.24, 2.45) is 0 Å². The highest BCUT2D eigenvalue weighted by atomic mass is 32.1. The van der Waals surface area contributed by atoms with Crippen LogP contribution in [0.5, 0.6) is 0 Å². The van der Waals surface area contributed by atoms with Gasteiger partial charge < -0.3 is 18.9 Å². The quantitative estimate of drug-likeness (QED) is 0.143. The molecule has 71 heavy (non-hydrogen) atoms. The number of thiophene rings is 1. The first-order chi connectivity index (χ1) is 35.2. The molecule has 4 nitrogen and oxygen atoms in total. The third-order valence-corrected chi connectivity index (χ3v) is 15.3. The van der Waals surface area contributed by atoms with Crippen molar-refractivity contribution >= 4 is 109 Å². The molecule has 0 atom stereocenters. The van der Waals surface area contributed by atoms with Gasteiger partial charge in [-0.3, -0.25) is 0 Å². The Kier molecular flexibility index (Phi) is 9.68. The predicted octanol–water partition coefficient (Wildman–Crippen LogP) is 18.9. The second kappa shape index (κ2) is 16.8. The highest BCUT2D eigenvalue weighted by molar-refractivity contribution is 7.26. The van der Waals surface area contributed by atoms with E-state index < -0.39 is 0 Å². The molecule has 3 aromatic heterocycles. The summed E-state index contributed by atoms with van der Waals surface area (Å²) in [5, 5.41) is 7.60. The maximum atomic E-state index is 2.45. The van der Waals surface area contributed by atoms with Crippen LogP contribution in [0.3, 0.4) is 0 Å². The van der Waals surface area contributed by atoms with Crippen LogP contribution in [0.15, 0.2) is 267 Å². The number of hydrogen-bond donors (Lipinski definition) is 0. The first kappa shape index (κ1) is 40.9. The van der Waals surface area contributed by atoms with Gasteiger partial charge in [-0.2, -0.15) is 0 Å². The minimum Gasteiger partial charge on any atom is -0.310 e. The summed E-state index contributed by atoms with van der Waals surface area (Å²) in [6, 6.07) is 97.0. The summed E-state index contributed by atoms with van der Waals surface area (Å²) < 4.78 is 7.48. The van der Waals surface area contributed by atoms with Crippen LogP contribution in [0, 0.1) is 0 Å². The van der Waals surface area contributed by atoms with Gasteiger partial charge >= 0.3 is 0 Å². The predicted molar refractivity (Wildman–Crippen MR) is 303 cm³/mol. The Morgan fingerprint density at radius 2 is 0.803 bits per heavy atom. The van der Waals surface area contributed by atoms with Gasteiger partial charge in [-0.05, 0) is 115 Å². The molecule has 14 rings (SSSR count). The van der Waals surface area contributed by atoms with Gasteiger partial charge in [0.25, 0.3) is 0 Å². The fraction of sp³-hybridized carbons (Fsp3) is 0. The van der Waals surface area contributed by atoms with Crippen molar-refractivity contribution < 1.29 is 0 Å². The van der Waals surface area contributed by atoms with Crippen molar-refractivity contribution in [3.8, 4) is 22.5 Å². The smallest absolute Gasteiger partial charge is 0.0562 e. The second-order valence-electron chi connectivity index (χ2n) is 18.1. The van der Waals surface area contributed by atoms with Crippen molar-refractivity contribution in [1.82, 2.24) is 9.13 Å². The van der Waals surface area contributed by atoms with Crippen LogP contribution in [0.2, 0.25) is 0 Å². The SMILES string of the molecule is c1ccc(N(c2cccc(-c3ccccc3N(c3ccccc3)c3ccc4c5ccccc5n(-c5ccccc5)c4c3)c2)c2ccc3c4c5sc6ccccc6c5ccc4n(-c4ccccc4)c3c2)cc1. The molecule has 0 saturated heterocycles. The molecular weight excluding hydrogens is 881 g/mol. The van der Waals surface area contributed by atoms with Gasteiger partial charge in [0.2, 0.25) is 0 Å². The van der Waals surface area contributed by atoms with E-state index in [0.29, 0.717) is 0 Å². The molecule has 0 radical (unpaired) electrons. The van der Waals surface area contributed by atoms with Crippen molar-refractivity contribution in [3.63, 3.8) is 0 Å². The van der Waals surface area contributed by atoms with E-state index in [2.05, 4.69) is 286 Å². The number of para-hydroxylation sites is 6. The molecule has 14 aromatic rings. The number of hydrogen-bond acceptors (Lipinski definition) is 3. The molecule has 11 aromatic carbocycles. The third kappa shape index (κ3) is 6.74. The van der Waals surface area contributed by atoms with E-state index in [0.717, 1.165) is 67.7 Å². The standard InChI is InChI=1S/C66H44N4S/c1-5-21-46(22-6-1)67(51-37-39-58-63(43-51)70(49-27-11-4-12-28-49)61-41-40-57-56-32-15-18-35-64(56)71-66(57)65(58)61)50-29-19-20-45(42-50)53-30-13-16-33-59(53)68(47-23-7-2-8-24-47)52-36-38-55-54-31-14-17-34-60(54)69(62(55)44-52)48-25-9-3-10-26-48/h1-44H. The summed E-state index contributed by atoms with van der Waals surface area (Å²) >= 11 is 1.89. The molecule has 0 spiro atoms.